The number of ether oxygens (including phenoxy) is 1. The van der Waals surface area contributed by atoms with Gasteiger partial charge >= 0.3 is 0 Å². The predicted octanol–water partition coefficient (Wildman–Crippen LogP) is 6.10. The second-order valence-electron chi connectivity index (χ2n) is 7.73. The van der Waals surface area contributed by atoms with Crippen LogP contribution in [0.5, 0.6) is 5.75 Å². The predicted molar refractivity (Wildman–Crippen MR) is 134 cm³/mol. The first kappa shape index (κ1) is 23.8. The van der Waals surface area contributed by atoms with Crippen LogP contribution in [0.25, 0.3) is 6.08 Å². The summed E-state index contributed by atoms with van der Waals surface area (Å²) in [5, 5.41) is 8.24. The summed E-state index contributed by atoms with van der Waals surface area (Å²) in [6.07, 6.45) is 3.56. The fourth-order valence-corrected chi connectivity index (χ4v) is 4.11. The maximum Gasteiger partial charge on any atom is 0.244 e. The highest BCUT2D eigenvalue weighted by molar-refractivity contribution is 6.42. The minimum absolute atomic E-state index is 0.0620. The number of rotatable bonds is 7. The average molecular weight is 498 g/mol. The highest BCUT2D eigenvalue weighted by atomic mass is 35.5. The second-order valence-corrected chi connectivity index (χ2v) is 8.52. The largest absolute Gasteiger partial charge is 0.497 e. The lowest BCUT2D eigenvalue weighted by Crippen LogP contribution is -2.32. The molecule has 0 spiro atoms. The van der Waals surface area contributed by atoms with E-state index in [0.29, 0.717) is 33.3 Å². The number of halogens is 3. The first-order valence-corrected chi connectivity index (χ1v) is 11.3. The summed E-state index contributed by atoms with van der Waals surface area (Å²) in [6, 6.07) is 18.2. The Balaban J connectivity index is 1.55. The Morgan fingerprint density at radius 1 is 1.15 bits per heavy atom. The van der Waals surface area contributed by atoms with E-state index < -0.39 is 6.04 Å². The molecule has 174 valence electrons. The van der Waals surface area contributed by atoms with Gasteiger partial charge in [-0.25, -0.2) is 4.39 Å². The second kappa shape index (κ2) is 10.7. The Labute approximate surface area is 207 Å². The lowest BCUT2D eigenvalue weighted by atomic mass is 9.95. The molecule has 3 aromatic rings. The molecule has 5 nitrogen and oxygen atoms in total. The molecule has 2 atom stereocenters. The van der Waals surface area contributed by atoms with E-state index in [9.17, 15) is 9.18 Å². The Morgan fingerprint density at radius 2 is 1.88 bits per heavy atom. The van der Waals surface area contributed by atoms with Gasteiger partial charge in [-0.15, -0.1) is 0 Å². The molecule has 1 aliphatic rings. The number of methoxy groups -OCH3 is 1. The van der Waals surface area contributed by atoms with Crippen molar-refractivity contribution in [2.24, 2.45) is 5.10 Å². The minimum Gasteiger partial charge on any atom is -0.497 e. The fourth-order valence-electron chi connectivity index (χ4n) is 3.69. The molecule has 0 aliphatic carbocycles. The third-order valence-electron chi connectivity index (χ3n) is 5.50. The summed E-state index contributed by atoms with van der Waals surface area (Å²) >= 11 is 12.7. The molecule has 0 aromatic heterocycles. The molecule has 34 heavy (non-hydrogen) atoms. The lowest BCUT2D eigenvalue weighted by Gasteiger charge is -2.20. The number of carbonyl (C=O) groups excluding carboxylic acids is 1. The molecule has 0 saturated carbocycles. The topological polar surface area (TPSA) is 62.7 Å². The van der Waals surface area contributed by atoms with Crippen molar-refractivity contribution in [3.63, 3.8) is 0 Å². The molecule has 2 unspecified atom stereocenters. The van der Waals surface area contributed by atoms with Crippen LogP contribution in [-0.2, 0) is 4.79 Å². The molecule has 4 rings (SSSR count). The van der Waals surface area contributed by atoms with Gasteiger partial charge in [0, 0.05) is 18.1 Å². The molecular formula is C26H22Cl2FN3O2. The zero-order chi connectivity index (χ0) is 24.1. The zero-order valence-electron chi connectivity index (χ0n) is 18.3. The molecule has 0 saturated heterocycles. The van der Waals surface area contributed by atoms with E-state index in [4.69, 9.17) is 27.9 Å². The number of carbonyl (C=O) groups is 1. The third-order valence-corrected chi connectivity index (χ3v) is 6.34. The van der Waals surface area contributed by atoms with Gasteiger partial charge in [-0.2, -0.15) is 5.10 Å². The van der Waals surface area contributed by atoms with Gasteiger partial charge in [0.15, 0.2) is 0 Å². The monoisotopic (exact) mass is 497 g/mol. The smallest absolute Gasteiger partial charge is 0.244 e. The summed E-state index contributed by atoms with van der Waals surface area (Å²) in [5.74, 6) is 0.0862. The average Bonchev–Trinajstić information content (AvgIpc) is 3.34. The van der Waals surface area contributed by atoms with Gasteiger partial charge in [0.1, 0.15) is 11.6 Å². The van der Waals surface area contributed by atoms with Gasteiger partial charge in [0.25, 0.3) is 0 Å². The van der Waals surface area contributed by atoms with E-state index in [1.807, 2.05) is 30.3 Å². The van der Waals surface area contributed by atoms with Crippen LogP contribution < -0.4 is 15.5 Å². The van der Waals surface area contributed by atoms with Crippen molar-refractivity contribution in [1.29, 1.82) is 0 Å². The Hall–Kier alpha value is -3.35. The van der Waals surface area contributed by atoms with Gasteiger partial charge in [-0.05, 0) is 47.5 Å². The summed E-state index contributed by atoms with van der Waals surface area (Å²) in [4.78, 5) is 12.8. The summed E-state index contributed by atoms with van der Waals surface area (Å²) in [7, 11) is 1.62. The first-order chi connectivity index (χ1) is 16.4. The van der Waals surface area contributed by atoms with Crippen molar-refractivity contribution in [2.45, 2.75) is 18.5 Å². The standard InChI is InChI=1S/C26H22Cl2FN3O2/c1-34-19-12-8-17(9-13-19)22-15-23(32-31-22)26(20-3-2-4-21(27)25(20)28)30-24(33)14-7-16-5-10-18(29)11-6-16/h2-14,22,26,31H,15H2,1H3,(H,30,33). The van der Waals surface area contributed by atoms with E-state index in [1.54, 1.807) is 37.5 Å². The Morgan fingerprint density at radius 3 is 2.59 bits per heavy atom. The Kier molecular flexibility index (Phi) is 7.50. The van der Waals surface area contributed by atoms with Crippen molar-refractivity contribution in [3.05, 3.63) is 105 Å². The zero-order valence-corrected chi connectivity index (χ0v) is 19.8. The van der Waals surface area contributed by atoms with Crippen LogP contribution in [0.2, 0.25) is 10.0 Å². The van der Waals surface area contributed by atoms with Crippen LogP contribution in [0.3, 0.4) is 0 Å². The minimum atomic E-state index is -0.590. The molecule has 0 fully saturated rings. The van der Waals surface area contributed by atoms with Gasteiger partial charge in [-0.3, -0.25) is 4.79 Å². The van der Waals surface area contributed by atoms with E-state index in [2.05, 4.69) is 15.8 Å². The van der Waals surface area contributed by atoms with Crippen LogP contribution in [0.1, 0.15) is 35.2 Å². The van der Waals surface area contributed by atoms with Gasteiger partial charge in [-0.1, -0.05) is 59.6 Å². The van der Waals surface area contributed by atoms with Gasteiger partial charge < -0.3 is 15.5 Å². The number of nitrogens with zero attached hydrogens (tertiary/aromatic N) is 1. The highest BCUT2D eigenvalue weighted by Gasteiger charge is 2.30. The maximum atomic E-state index is 13.1. The van der Waals surface area contributed by atoms with Crippen LogP contribution in [0.15, 0.2) is 77.9 Å². The SMILES string of the molecule is COc1ccc(C2CC(C(NC(=O)C=Cc3ccc(F)cc3)c3cccc(Cl)c3Cl)=NN2)cc1. The molecule has 1 aliphatic heterocycles. The highest BCUT2D eigenvalue weighted by Crippen LogP contribution is 2.34. The van der Waals surface area contributed by atoms with Crippen LogP contribution in [0, 0.1) is 5.82 Å². The van der Waals surface area contributed by atoms with Gasteiger partial charge in [0.2, 0.25) is 5.91 Å². The van der Waals surface area contributed by atoms with E-state index in [1.165, 1.54) is 18.2 Å². The van der Waals surface area contributed by atoms with Crippen molar-refractivity contribution in [3.8, 4) is 5.75 Å². The number of hydrogen-bond acceptors (Lipinski definition) is 4. The summed E-state index contributed by atoms with van der Waals surface area (Å²) in [6.45, 7) is 0. The molecule has 0 bridgehead atoms. The van der Waals surface area contributed by atoms with Crippen molar-refractivity contribution < 1.29 is 13.9 Å². The summed E-state index contributed by atoms with van der Waals surface area (Å²) < 4.78 is 18.4. The van der Waals surface area contributed by atoms with Gasteiger partial charge in [0.05, 0.1) is 35.0 Å². The molecule has 0 radical (unpaired) electrons. The van der Waals surface area contributed by atoms with Crippen molar-refractivity contribution in [2.75, 3.05) is 7.11 Å². The van der Waals surface area contributed by atoms with Crippen LogP contribution in [0.4, 0.5) is 4.39 Å². The van der Waals surface area contributed by atoms with Crippen molar-refractivity contribution in [1.82, 2.24) is 10.7 Å². The van der Waals surface area contributed by atoms with E-state index >= 15 is 0 Å². The number of hydrazone groups is 1. The molecule has 1 heterocycles. The number of nitrogens with one attached hydrogen (secondary N) is 2. The van der Waals surface area contributed by atoms with Crippen molar-refractivity contribution >= 4 is 40.9 Å². The number of hydrogen-bond donors (Lipinski definition) is 2. The normalized spacial score (nSPS) is 16.1. The Bertz CT molecular complexity index is 1230. The quantitative estimate of drug-likeness (QED) is 0.387. The number of benzene rings is 3. The fraction of sp³-hybridized carbons (Fsp3) is 0.154. The number of amides is 1. The molecule has 3 aromatic carbocycles. The maximum absolute atomic E-state index is 13.1. The van der Waals surface area contributed by atoms with E-state index in [0.717, 1.165) is 11.3 Å². The van der Waals surface area contributed by atoms with Crippen LogP contribution in [-0.4, -0.2) is 18.7 Å². The summed E-state index contributed by atoms with van der Waals surface area (Å²) in [5.41, 5.74) is 6.25. The molecule has 8 heteroatoms. The van der Waals surface area contributed by atoms with Crippen LogP contribution >= 0.6 is 23.2 Å². The lowest BCUT2D eigenvalue weighted by molar-refractivity contribution is -0.116. The molecule has 1 amide bonds. The first-order valence-electron chi connectivity index (χ1n) is 10.6. The molecule has 2 N–H and O–H groups in total. The van der Waals surface area contributed by atoms with E-state index in [-0.39, 0.29) is 17.8 Å². The molecular weight excluding hydrogens is 476 g/mol. The third kappa shape index (κ3) is 5.58.